The number of hydrogen-bond acceptors (Lipinski definition) is 6. The van der Waals surface area contributed by atoms with Crippen molar-refractivity contribution in [3.63, 3.8) is 0 Å². The lowest BCUT2D eigenvalue weighted by molar-refractivity contribution is -0.137. The lowest BCUT2D eigenvalue weighted by atomic mass is 10.0. The molecule has 0 aliphatic rings. The molecule has 0 aliphatic heterocycles. The first-order valence-electron chi connectivity index (χ1n) is 9.67. The van der Waals surface area contributed by atoms with Gasteiger partial charge in [-0.2, -0.15) is 18.3 Å². The summed E-state index contributed by atoms with van der Waals surface area (Å²) in [5.41, 5.74) is 1.63. The largest absolute Gasteiger partial charge is 0.493 e. The number of aromatic nitrogens is 3. The molecular formula is C22H20F3N3O3S. The fourth-order valence-electron chi connectivity index (χ4n) is 3.43. The number of nitrogens with zero attached hydrogens (tertiary/aromatic N) is 3. The van der Waals surface area contributed by atoms with Crippen LogP contribution in [-0.2, 0) is 12.6 Å². The molecule has 0 unspecified atom stereocenters. The Balaban J connectivity index is 1.96. The van der Waals surface area contributed by atoms with Gasteiger partial charge in [0.15, 0.2) is 11.5 Å². The summed E-state index contributed by atoms with van der Waals surface area (Å²) in [5, 5.41) is 5.48. The van der Waals surface area contributed by atoms with Crippen LogP contribution in [0.3, 0.4) is 0 Å². The standard InChI is InChI=1S/C22H20F3N3O3S/c1-5-17-27-28-19(12-6-8-14(9-7-12)22(23,24)25)18(26-21(28)32-17)13-10-15(29-2)20(31-4)16(11-13)30-3/h6-11H,5H2,1-4H3. The van der Waals surface area contributed by atoms with E-state index in [1.807, 2.05) is 6.92 Å². The monoisotopic (exact) mass is 463 g/mol. The summed E-state index contributed by atoms with van der Waals surface area (Å²) in [6.07, 6.45) is -3.69. The number of fused-ring (bicyclic) bond motifs is 1. The van der Waals surface area contributed by atoms with Crippen LogP contribution in [-0.4, -0.2) is 35.9 Å². The van der Waals surface area contributed by atoms with Crippen LogP contribution >= 0.6 is 11.3 Å². The van der Waals surface area contributed by atoms with Crippen LogP contribution in [0.2, 0.25) is 0 Å². The Labute approximate surface area is 186 Å². The highest BCUT2D eigenvalue weighted by Crippen LogP contribution is 2.44. The van der Waals surface area contributed by atoms with Crippen molar-refractivity contribution < 1.29 is 27.4 Å². The molecule has 32 heavy (non-hydrogen) atoms. The van der Waals surface area contributed by atoms with Gasteiger partial charge in [-0.15, -0.1) is 0 Å². The third-order valence-electron chi connectivity index (χ3n) is 4.97. The number of imidazole rings is 1. The quantitative estimate of drug-likeness (QED) is 0.365. The van der Waals surface area contributed by atoms with Crippen LogP contribution in [0.5, 0.6) is 17.2 Å². The van der Waals surface area contributed by atoms with Gasteiger partial charge in [-0.05, 0) is 30.7 Å². The lowest BCUT2D eigenvalue weighted by Gasteiger charge is -2.14. The molecule has 4 rings (SSSR count). The summed E-state index contributed by atoms with van der Waals surface area (Å²) in [4.78, 5) is 5.39. The highest BCUT2D eigenvalue weighted by atomic mass is 32.1. The van der Waals surface area contributed by atoms with Gasteiger partial charge in [-0.25, -0.2) is 9.50 Å². The predicted octanol–water partition coefficient (Wildman–Crippen LogP) is 5.73. The van der Waals surface area contributed by atoms with Crippen LogP contribution in [0.1, 0.15) is 17.5 Å². The molecule has 0 saturated carbocycles. The van der Waals surface area contributed by atoms with E-state index < -0.39 is 11.7 Å². The maximum Gasteiger partial charge on any atom is 0.416 e. The Kier molecular flexibility index (Phi) is 5.72. The van der Waals surface area contributed by atoms with E-state index in [4.69, 9.17) is 19.2 Å². The third-order valence-corrected chi connectivity index (χ3v) is 6.02. The summed E-state index contributed by atoms with van der Waals surface area (Å²) in [6, 6.07) is 8.48. The van der Waals surface area contributed by atoms with Crippen molar-refractivity contribution in [2.45, 2.75) is 19.5 Å². The minimum absolute atomic E-state index is 0.433. The molecule has 168 valence electrons. The van der Waals surface area contributed by atoms with E-state index >= 15 is 0 Å². The first-order valence-corrected chi connectivity index (χ1v) is 10.5. The number of halogens is 3. The molecular weight excluding hydrogens is 443 g/mol. The Bertz CT molecular complexity index is 1240. The Morgan fingerprint density at radius 1 is 0.938 bits per heavy atom. The number of aryl methyl sites for hydroxylation is 1. The molecule has 0 aliphatic carbocycles. The van der Waals surface area contributed by atoms with Crippen molar-refractivity contribution in [2.24, 2.45) is 0 Å². The van der Waals surface area contributed by atoms with Crippen molar-refractivity contribution >= 4 is 16.3 Å². The molecule has 6 nitrogen and oxygen atoms in total. The smallest absolute Gasteiger partial charge is 0.416 e. The van der Waals surface area contributed by atoms with Crippen LogP contribution in [0, 0.1) is 0 Å². The van der Waals surface area contributed by atoms with Crippen molar-refractivity contribution in [3.05, 3.63) is 47.0 Å². The van der Waals surface area contributed by atoms with Gasteiger partial charge < -0.3 is 14.2 Å². The molecule has 2 aromatic carbocycles. The van der Waals surface area contributed by atoms with Gasteiger partial charge in [0.1, 0.15) is 16.4 Å². The highest BCUT2D eigenvalue weighted by molar-refractivity contribution is 7.16. The molecule has 2 heterocycles. The maximum absolute atomic E-state index is 13.1. The van der Waals surface area contributed by atoms with E-state index in [0.717, 1.165) is 23.6 Å². The molecule has 0 spiro atoms. The van der Waals surface area contributed by atoms with Gasteiger partial charge in [-0.1, -0.05) is 30.4 Å². The predicted molar refractivity (Wildman–Crippen MR) is 116 cm³/mol. The Morgan fingerprint density at radius 2 is 1.56 bits per heavy atom. The molecule has 0 N–H and O–H groups in total. The second-order valence-electron chi connectivity index (χ2n) is 6.84. The van der Waals surface area contributed by atoms with E-state index in [2.05, 4.69) is 5.10 Å². The fraction of sp³-hybridized carbons (Fsp3) is 0.273. The third kappa shape index (κ3) is 3.75. The van der Waals surface area contributed by atoms with Crippen LogP contribution in [0.15, 0.2) is 36.4 Å². The zero-order chi connectivity index (χ0) is 23.0. The summed E-state index contributed by atoms with van der Waals surface area (Å²) < 4.78 is 57.2. The summed E-state index contributed by atoms with van der Waals surface area (Å²) in [5.74, 6) is 1.32. The van der Waals surface area contributed by atoms with Crippen molar-refractivity contribution in [3.8, 4) is 39.8 Å². The average Bonchev–Trinajstić information content (AvgIpc) is 3.35. The zero-order valence-corrected chi connectivity index (χ0v) is 18.6. The minimum Gasteiger partial charge on any atom is -0.493 e. The average molecular weight is 463 g/mol. The van der Waals surface area contributed by atoms with E-state index in [1.165, 1.54) is 44.8 Å². The molecule has 10 heteroatoms. The molecule has 0 saturated heterocycles. The van der Waals surface area contributed by atoms with Crippen LogP contribution < -0.4 is 14.2 Å². The summed E-state index contributed by atoms with van der Waals surface area (Å²) in [6.45, 7) is 1.98. The summed E-state index contributed by atoms with van der Waals surface area (Å²) in [7, 11) is 4.54. The molecule has 0 radical (unpaired) electrons. The van der Waals surface area contributed by atoms with E-state index in [9.17, 15) is 13.2 Å². The van der Waals surface area contributed by atoms with E-state index in [0.29, 0.717) is 44.7 Å². The first-order chi connectivity index (χ1) is 15.3. The second-order valence-corrected chi connectivity index (χ2v) is 7.88. The van der Waals surface area contributed by atoms with Crippen molar-refractivity contribution in [1.29, 1.82) is 0 Å². The summed E-state index contributed by atoms with van der Waals surface area (Å²) >= 11 is 1.43. The minimum atomic E-state index is -4.42. The molecule has 4 aromatic rings. The first kappa shape index (κ1) is 21.9. The van der Waals surface area contributed by atoms with Crippen LogP contribution in [0.25, 0.3) is 27.5 Å². The molecule has 2 aromatic heterocycles. The van der Waals surface area contributed by atoms with E-state index in [-0.39, 0.29) is 0 Å². The molecule has 0 amide bonds. The van der Waals surface area contributed by atoms with Gasteiger partial charge in [0.05, 0.1) is 26.9 Å². The van der Waals surface area contributed by atoms with Crippen molar-refractivity contribution in [1.82, 2.24) is 14.6 Å². The number of rotatable bonds is 6. The van der Waals surface area contributed by atoms with Crippen molar-refractivity contribution in [2.75, 3.05) is 21.3 Å². The van der Waals surface area contributed by atoms with Gasteiger partial charge in [-0.3, -0.25) is 0 Å². The Hall–Kier alpha value is -3.27. The van der Waals surface area contributed by atoms with Crippen LogP contribution in [0.4, 0.5) is 13.2 Å². The normalized spacial score (nSPS) is 11.7. The number of benzene rings is 2. The zero-order valence-electron chi connectivity index (χ0n) is 17.8. The maximum atomic E-state index is 13.1. The fourth-order valence-corrected chi connectivity index (χ4v) is 4.26. The topological polar surface area (TPSA) is 57.9 Å². The number of methoxy groups -OCH3 is 3. The SMILES string of the molecule is CCc1nn2c(-c3ccc(C(F)(F)F)cc3)c(-c3cc(OC)c(OC)c(OC)c3)nc2s1. The second kappa shape index (κ2) is 8.34. The molecule has 0 atom stereocenters. The number of alkyl halides is 3. The van der Waals surface area contributed by atoms with Gasteiger partial charge in [0, 0.05) is 11.1 Å². The number of ether oxygens (including phenoxy) is 3. The number of hydrogen-bond donors (Lipinski definition) is 0. The molecule has 0 bridgehead atoms. The van der Waals surface area contributed by atoms with Gasteiger partial charge in [0.2, 0.25) is 10.7 Å². The highest BCUT2D eigenvalue weighted by Gasteiger charge is 2.30. The Morgan fingerprint density at radius 3 is 2.06 bits per heavy atom. The van der Waals surface area contributed by atoms with E-state index in [1.54, 1.807) is 16.6 Å². The van der Waals surface area contributed by atoms with Gasteiger partial charge in [0.25, 0.3) is 0 Å². The van der Waals surface area contributed by atoms with Gasteiger partial charge >= 0.3 is 6.18 Å². The molecule has 0 fully saturated rings. The lowest BCUT2D eigenvalue weighted by Crippen LogP contribution is -2.04.